The predicted molar refractivity (Wildman–Crippen MR) is 64.3 cm³/mol. The van der Waals surface area contributed by atoms with E-state index in [1.807, 2.05) is 13.8 Å². The number of hydrogen-bond acceptors (Lipinski definition) is 2. The average Bonchev–Trinajstić information content (AvgIpc) is 2.26. The van der Waals surface area contributed by atoms with Crippen LogP contribution in [-0.4, -0.2) is 29.1 Å². The van der Waals surface area contributed by atoms with Crippen LogP contribution in [0.4, 0.5) is 4.39 Å². The Kier molecular flexibility index (Phi) is 3.88. The van der Waals surface area contributed by atoms with Crippen LogP contribution in [0.25, 0.3) is 0 Å². The number of rotatable bonds is 4. The number of halogens is 1. The first-order valence-corrected chi connectivity index (χ1v) is 5.52. The van der Waals surface area contributed by atoms with Crippen LogP contribution in [0.2, 0.25) is 0 Å². The number of aliphatic carboxylic acids is 1. The van der Waals surface area contributed by atoms with Gasteiger partial charge in [0.1, 0.15) is 11.4 Å². The van der Waals surface area contributed by atoms with E-state index in [-0.39, 0.29) is 6.04 Å². The summed E-state index contributed by atoms with van der Waals surface area (Å²) in [5, 5.41) is 9.43. The molecule has 0 bridgehead atoms. The summed E-state index contributed by atoms with van der Waals surface area (Å²) in [5.74, 6) is -1.41. The summed E-state index contributed by atoms with van der Waals surface area (Å²) in [5.41, 5.74) is -0.780. The van der Waals surface area contributed by atoms with Gasteiger partial charge in [0, 0.05) is 6.04 Å². The van der Waals surface area contributed by atoms with E-state index in [2.05, 4.69) is 0 Å². The van der Waals surface area contributed by atoms with Gasteiger partial charge in [-0.05, 0) is 45.5 Å². The number of carbonyl (C=O) groups is 1. The Labute approximate surface area is 101 Å². The first kappa shape index (κ1) is 13.6. The zero-order valence-electron chi connectivity index (χ0n) is 10.6. The summed E-state index contributed by atoms with van der Waals surface area (Å²) < 4.78 is 13.2. The van der Waals surface area contributed by atoms with Gasteiger partial charge in [0.25, 0.3) is 0 Å². The molecule has 1 aromatic rings. The highest BCUT2D eigenvalue weighted by Crippen LogP contribution is 2.29. The SMILES string of the molecule is CC(C)N(C)C(C)(C(=O)O)c1cccc(F)c1. The highest BCUT2D eigenvalue weighted by Gasteiger charge is 2.40. The van der Waals surface area contributed by atoms with Gasteiger partial charge in [-0.1, -0.05) is 12.1 Å². The Morgan fingerprint density at radius 2 is 2.06 bits per heavy atom. The molecule has 0 aliphatic rings. The lowest BCUT2D eigenvalue weighted by atomic mass is 9.89. The standard InChI is InChI=1S/C13H18FNO2/c1-9(2)15(4)13(3,12(16)17)10-6-5-7-11(14)8-10/h5-9H,1-4H3,(H,16,17). The van der Waals surface area contributed by atoms with Gasteiger partial charge >= 0.3 is 5.97 Å². The number of carboxylic acids is 1. The minimum absolute atomic E-state index is 0.0411. The maximum atomic E-state index is 13.2. The Morgan fingerprint density at radius 3 is 2.47 bits per heavy atom. The number of likely N-dealkylation sites (N-methyl/N-ethyl adjacent to an activating group) is 1. The van der Waals surface area contributed by atoms with Crippen LogP contribution in [0.1, 0.15) is 26.3 Å². The Balaban J connectivity index is 3.30. The topological polar surface area (TPSA) is 40.5 Å². The van der Waals surface area contributed by atoms with Crippen molar-refractivity contribution in [3.63, 3.8) is 0 Å². The number of carboxylic acid groups (broad SMARTS) is 1. The summed E-state index contributed by atoms with van der Waals surface area (Å²) in [6, 6.07) is 5.78. The molecule has 0 aliphatic heterocycles. The van der Waals surface area contributed by atoms with Gasteiger partial charge in [-0.3, -0.25) is 4.90 Å². The summed E-state index contributed by atoms with van der Waals surface area (Å²) in [4.78, 5) is 13.2. The van der Waals surface area contributed by atoms with E-state index in [4.69, 9.17) is 0 Å². The molecule has 94 valence electrons. The lowest BCUT2D eigenvalue weighted by molar-refractivity contribution is -0.151. The molecule has 0 aliphatic carbocycles. The summed E-state index contributed by atoms with van der Waals surface area (Å²) in [6.07, 6.45) is 0. The Hall–Kier alpha value is -1.42. The van der Waals surface area contributed by atoms with Crippen molar-refractivity contribution >= 4 is 5.97 Å². The zero-order chi connectivity index (χ0) is 13.2. The molecule has 0 amide bonds. The highest BCUT2D eigenvalue weighted by atomic mass is 19.1. The molecule has 0 saturated carbocycles. The molecule has 0 heterocycles. The van der Waals surface area contributed by atoms with Crippen LogP contribution in [0.3, 0.4) is 0 Å². The van der Waals surface area contributed by atoms with Crippen LogP contribution >= 0.6 is 0 Å². The van der Waals surface area contributed by atoms with E-state index in [1.165, 1.54) is 18.2 Å². The second-order valence-corrected chi connectivity index (χ2v) is 4.59. The molecule has 0 fully saturated rings. The predicted octanol–water partition coefficient (Wildman–Crippen LogP) is 2.47. The fraction of sp³-hybridized carbons (Fsp3) is 0.462. The van der Waals surface area contributed by atoms with E-state index in [0.29, 0.717) is 5.56 Å². The third-order valence-corrected chi connectivity index (χ3v) is 3.28. The smallest absolute Gasteiger partial charge is 0.328 e. The van der Waals surface area contributed by atoms with Crippen molar-refractivity contribution in [3.8, 4) is 0 Å². The summed E-state index contributed by atoms with van der Waals surface area (Å²) in [7, 11) is 1.73. The maximum absolute atomic E-state index is 13.2. The van der Waals surface area contributed by atoms with E-state index in [9.17, 15) is 14.3 Å². The van der Waals surface area contributed by atoms with Crippen molar-refractivity contribution < 1.29 is 14.3 Å². The number of nitrogens with zero attached hydrogens (tertiary/aromatic N) is 1. The molecule has 1 atom stereocenters. The normalized spacial score (nSPS) is 15.0. The van der Waals surface area contributed by atoms with Crippen molar-refractivity contribution in [2.45, 2.75) is 32.4 Å². The van der Waals surface area contributed by atoms with Gasteiger partial charge in [-0.2, -0.15) is 0 Å². The molecular formula is C13H18FNO2. The third kappa shape index (κ3) is 2.47. The van der Waals surface area contributed by atoms with Crippen LogP contribution in [0, 0.1) is 5.82 Å². The molecule has 1 N–H and O–H groups in total. The maximum Gasteiger partial charge on any atom is 0.328 e. The largest absolute Gasteiger partial charge is 0.480 e. The summed E-state index contributed by atoms with van der Waals surface area (Å²) in [6.45, 7) is 5.39. The van der Waals surface area contributed by atoms with Crippen molar-refractivity contribution in [1.29, 1.82) is 0 Å². The van der Waals surface area contributed by atoms with Crippen molar-refractivity contribution in [2.24, 2.45) is 0 Å². The highest BCUT2D eigenvalue weighted by molar-refractivity contribution is 5.80. The monoisotopic (exact) mass is 239 g/mol. The molecule has 4 heteroatoms. The minimum atomic E-state index is -1.23. The first-order valence-electron chi connectivity index (χ1n) is 5.52. The van der Waals surface area contributed by atoms with Gasteiger partial charge in [0.05, 0.1) is 0 Å². The Morgan fingerprint density at radius 1 is 1.47 bits per heavy atom. The lowest BCUT2D eigenvalue weighted by Gasteiger charge is -2.38. The first-order chi connectivity index (χ1) is 7.80. The van der Waals surface area contributed by atoms with E-state index < -0.39 is 17.3 Å². The van der Waals surface area contributed by atoms with E-state index in [1.54, 1.807) is 24.9 Å². The van der Waals surface area contributed by atoms with Crippen molar-refractivity contribution in [1.82, 2.24) is 4.90 Å². The van der Waals surface area contributed by atoms with Crippen LogP contribution in [0.5, 0.6) is 0 Å². The van der Waals surface area contributed by atoms with E-state index >= 15 is 0 Å². The fourth-order valence-corrected chi connectivity index (χ4v) is 1.79. The van der Waals surface area contributed by atoms with Crippen LogP contribution < -0.4 is 0 Å². The molecule has 0 radical (unpaired) electrons. The molecule has 1 unspecified atom stereocenters. The second kappa shape index (κ2) is 4.84. The quantitative estimate of drug-likeness (QED) is 0.877. The molecule has 3 nitrogen and oxygen atoms in total. The molecular weight excluding hydrogens is 221 g/mol. The number of benzene rings is 1. The van der Waals surface area contributed by atoms with Gasteiger partial charge < -0.3 is 5.11 Å². The van der Waals surface area contributed by atoms with Crippen LogP contribution in [0.15, 0.2) is 24.3 Å². The Bertz CT molecular complexity index is 420. The zero-order valence-corrected chi connectivity index (χ0v) is 10.6. The molecule has 1 aromatic carbocycles. The molecule has 1 rings (SSSR count). The minimum Gasteiger partial charge on any atom is -0.480 e. The second-order valence-electron chi connectivity index (χ2n) is 4.59. The van der Waals surface area contributed by atoms with E-state index in [0.717, 1.165) is 0 Å². The average molecular weight is 239 g/mol. The fourth-order valence-electron chi connectivity index (χ4n) is 1.79. The van der Waals surface area contributed by atoms with Crippen molar-refractivity contribution in [2.75, 3.05) is 7.05 Å². The lowest BCUT2D eigenvalue weighted by Crippen LogP contribution is -2.50. The van der Waals surface area contributed by atoms with Gasteiger partial charge in [-0.25, -0.2) is 9.18 Å². The molecule has 0 spiro atoms. The van der Waals surface area contributed by atoms with Crippen LogP contribution in [-0.2, 0) is 10.3 Å². The number of hydrogen-bond donors (Lipinski definition) is 1. The third-order valence-electron chi connectivity index (χ3n) is 3.28. The molecule has 0 saturated heterocycles. The van der Waals surface area contributed by atoms with Gasteiger partial charge in [0.15, 0.2) is 0 Å². The molecule has 17 heavy (non-hydrogen) atoms. The van der Waals surface area contributed by atoms with Gasteiger partial charge in [-0.15, -0.1) is 0 Å². The van der Waals surface area contributed by atoms with Gasteiger partial charge in [0.2, 0.25) is 0 Å². The van der Waals surface area contributed by atoms with Crippen molar-refractivity contribution in [3.05, 3.63) is 35.6 Å². The summed E-state index contributed by atoms with van der Waals surface area (Å²) >= 11 is 0. The molecule has 0 aromatic heterocycles.